The summed E-state index contributed by atoms with van der Waals surface area (Å²) in [4.78, 5) is 15.2. The molecule has 0 amide bonds. The summed E-state index contributed by atoms with van der Waals surface area (Å²) in [6, 6.07) is 1.88. The first kappa shape index (κ1) is 8.66. The van der Waals surface area contributed by atoms with E-state index in [2.05, 4.69) is 4.98 Å². The summed E-state index contributed by atoms with van der Waals surface area (Å²) in [6.07, 6.45) is 1.53. The zero-order valence-electron chi connectivity index (χ0n) is 6.87. The summed E-state index contributed by atoms with van der Waals surface area (Å²) in [5.41, 5.74) is 1.34. The standard InChI is InChI=1S/C9H6ClNOS/c1-5(12)6-4-11-7-2-3-13-9(7)8(6)10/h2-4H,1H3. The molecule has 0 unspecified atom stereocenters. The van der Waals surface area contributed by atoms with E-state index in [-0.39, 0.29) is 5.78 Å². The van der Waals surface area contributed by atoms with Crippen molar-refractivity contribution in [2.75, 3.05) is 0 Å². The molecule has 0 aliphatic carbocycles. The van der Waals surface area contributed by atoms with Crippen LogP contribution in [0.15, 0.2) is 17.6 Å². The van der Waals surface area contributed by atoms with Crippen molar-refractivity contribution >= 4 is 38.9 Å². The predicted molar refractivity (Wildman–Crippen MR) is 54.6 cm³/mol. The van der Waals surface area contributed by atoms with Crippen LogP contribution in [0.3, 0.4) is 0 Å². The Balaban J connectivity index is 2.80. The second kappa shape index (κ2) is 3.09. The van der Waals surface area contributed by atoms with E-state index in [1.165, 1.54) is 24.5 Å². The first-order valence-electron chi connectivity index (χ1n) is 3.73. The fourth-order valence-electron chi connectivity index (χ4n) is 1.13. The molecule has 0 aromatic carbocycles. The Labute approximate surface area is 84.2 Å². The van der Waals surface area contributed by atoms with Crippen molar-refractivity contribution in [3.8, 4) is 0 Å². The number of carbonyl (C=O) groups is 1. The topological polar surface area (TPSA) is 30.0 Å². The fourth-order valence-corrected chi connectivity index (χ4v) is 2.33. The van der Waals surface area contributed by atoms with E-state index in [0.29, 0.717) is 10.6 Å². The number of aromatic nitrogens is 1. The van der Waals surface area contributed by atoms with Crippen molar-refractivity contribution in [2.24, 2.45) is 0 Å². The lowest BCUT2D eigenvalue weighted by atomic mass is 10.2. The molecule has 0 saturated carbocycles. The number of ketones is 1. The van der Waals surface area contributed by atoms with Gasteiger partial charge in [0.15, 0.2) is 5.78 Å². The Hall–Kier alpha value is -0.930. The van der Waals surface area contributed by atoms with Crippen LogP contribution in [0.2, 0.25) is 5.02 Å². The fraction of sp³-hybridized carbons (Fsp3) is 0.111. The van der Waals surface area contributed by atoms with Gasteiger partial charge in [-0.05, 0) is 18.4 Å². The molecule has 0 fully saturated rings. The Bertz CT molecular complexity index is 477. The van der Waals surface area contributed by atoms with Crippen molar-refractivity contribution in [1.29, 1.82) is 0 Å². The number of hydrogen-bond donors (Lipinski definition) is 0. The maximum Gasteiger partial charge on any atom is 0.162 e. The molecule has 0 saturated heterocycles. The summed E-state index contributed by atoms with van der Waals surface area (Å²) >= 11 is 7.53. The van der Waals surface area contributed by atoms with Gasteiger partial charge in [-0.15, -0.1) is 11.3 Å². The zero-order chi connectivity index (χ0) is 9.42. The quantitative estimate of drug-likeness (QED) is 0.679. The van der Waals surface area contributed by atoms with Gasteiger partial charge in [-0.2, -0.15) is 0 Å². The molecule has 2 aromatic heterocycles. The Morgan fingerprint density at radius 1 is 1.62 bits per heavy atom. The maximum absolute atomic E-state index is 11.1. The molecule has 2 nitrogen and oxygen atoms in total. The highest BCUT2D eigenvalue weighted by molar-refractivity contribution is 7.17. The summed E-state index contributed by atoms with van der Waals surface area (Å²) in [7, 11) is 0. The van der Waals surface area contributed by atoms with Gasteiger partial charge >= 0.3 is 0 Å². The molecule has 66 valence electrons. The molecule has 2 heterocycles. The van der Waals surface area contributed by atoms with Crippen LogP contribution in [0.1, 0.15) is 17.3 Å². The van der Waals surface area contributed by atoms with E-state index in [0.717, 1.165) is 10.2 Å². The van der Waals surface area contributed by atoms with Crippen LogP contribution in [0.25, 0.3) is 10.2 Å². The van der Waals surface area contributed by atoms with Crippen molar-refractivity contribution in [3.63, 3.8) is 0 Å². The number of carbonyl (C=O) groups excluding carboxylic acids is 1. The average Bonchev–Trinajstić information content (AvgIpc) is 2.52. The van der Waals surface area contributed by atoms with Crippen LogP contribution in [0, 0.1) is 0 Å². The molecule has 0 N–H and O–H groups in total. The molecular formula is C9H6ClNOS. The molecule has 0 spiro atoms. The first-order valence-corrected chi connectivity index (χ1v) is 4.98. The number of pyridine rings is 1. The molecule has 2 aromatic rings. The smallest absolute Gasteiger partial charge is 0.162 e. The second-order valence-corrected chi connectivity index (χ2v) is 3.97. The monoisotopic (exact) mass is 211 g/mol. The van der Waals surface area contributed by atoms with Gasteiger partial charge in [-0.3, -0.25) is 9.78 Å². The van der Waals surface area contributed by atoms with Crippen LogP contribution in [0.5, 0.6) is 0 Å². The Morgan fingerprint density at radius 3 is 3.08 bits per heavy atom. The minimum Gasteiger partial charge on any atom is -0.294 e. The van der Waals surface area contributed by atoms with Gasteiger partial charge in [0.2, 0.25) is 0 Å². The van der Waals surface area contributed by atoms with E-state index >= 15 is 0 Å². The summed E-state index contributed by atoms with van der Waals surface area (Å²) in [5, 5.41) is 2.43. The van der Waals surface area contributed by atoms with E-state index in [4.69, 9.17) is 11.6 Å². The third-order valence-electron chi connectivity index (χ3n) is 1.79. The third-order valence-corrected chi connectivity index (χ3v) is 3.22. The number of nitrogens with zero attached hydrogens (tertiary/aromatic N) is 1. The lowest BCUT2D eigenvalue weighted by Crippen LogP contribution is -1.94. The van der Waals surface area contributed by atoms with Crippen LogP contribution in [-0.2, 0) is 0 Å². The molecule has 4 heteroatoms. The molecule has 2 rings (SSSR count). The highest BCUT2D eigenvalue weighted by Gasteiger charge is 2.10. The normalized spacial score (nSPS) is 10.6. The van der Waals surface area contributed by atoms with Crippen LogP contribution >= 0.6 is 22.9 Å². The summed E-state index contributed by atoms with van der Waals surface area (Å²) in [5.74, 6) is -0.0483. The van der Waals surface area contributed by atoms with Crippen molar-refractivity contribution in [2.45, 2.75) is 6.92 Å². The number of Topliss-reactive ketones (excluding diaryl/α,β-unsaturated/α-hetero) is 1. The molecule has 0 aliphatic rings. The van der Waals surface area contributed by atoms with Crippen molar-refractivity contribution < 1.29 is 4.79 Å². The molecular weight excluding hydrogens is 206 g/mol. The molecule has 0 aliphatic heterocycles. The van der Waals surface area contributed by atoms with E-state index < -0.39 is 0 Å². The predicted octanol–water partition coefficient (Wildman–Crippen LogP) is 3.15. The van der Waals surface area contributed by atoms with Crippen molar-refractivity contribution in [3.05, 3.63) is 28.2 Å². The van der Waals surface area contributed by atoms with Gasteiger partial charge in [0.1, 0.15) is 0 Å². The lowest BCUT2D eigenvalue weighted by Gasteiger charge is -1.98. The van der Waals surface area contributed by atoms with Gasteiger partial charge in [-0.1, -0.05) is 11.6 Å². The van der Waals surface area contributed by atoms with Crippen LogP contribution in [0.4, 0.5) is 0 Å². The van der Waals surface area contributed by atoms with Gasteiger partial charge in [0, 0.05) is 6.20 Å². The number of halogens is 1. The summed E-state index contributed by atoms with van der Waals surface area (Å²) < 4.78 is 0.884. The summed E-state index contributed by atoms with van der Waals surface area (Å²) in [6.45, 7) is 1.49. The van der Waals surface area contributed by atoms with Gasteiger partial charge in [0.25, 0.3) is 0 Å². The minimum absolute atomic E-state index is 0.0483. The lowest BCUT2D eigenvalue weighted by molar-refractivity contribution is 0.101. The van der Waals surface area contributed by atoms with E-state index in [1.54, 1.807) is 0 Å². The van der Waals surface area contributed by atoms with Gasteiger partial charge in [-0.25, -0.2) is 0 Å². The Morgan fingerprint density at radius 2 is 2.38 bits per heavy atom. The molecule has 13 heavy (non-hydrogen) atoms. The molecule has 0 radical (unpaired) electrons. The van der Waals surface area contributed by atoms with E-state index in [9.17, 15) is 4.79 Å². The third kappa shape index (κ3) is 1.34. The second-order valence-electron chi connectivity index (χ2n) is 2.68. The van der Waals surface area contributed by atoms with Crippen LogP contribution in [-0.4, -0.2) is 10.8 Å². The number of hydrogen-bond acceptors (Lipinski definition) is 3. The first-order chi connectivity index (χ1) is 6.20. The number of thiophene rings is 1. The minimum atomic E-state index is -0.0483. The highest BCUT2D eigenvalue weighted by Crippen LogP contribution is 2.29. The number of rotatable bonds is 1. The molecule has 0 bridgehead atoms. The Kier molecular flexibility index (Phi) is 2.06. The van der Waals surface area contributed by atoms with Gasteiger partial charge in [0.05, 0.1) is 20.8 Å². The number of fused-ring (bicyclic) bond motifs is 1. The van der Waals surface area contributed by atoms with Crippen molar-refractivity contribution in [1.82, 2.24) is 4.98 Å². The SMILES string of the molecule is CC(=O)c1cnc2ccsc2c1Cl. The van der Waals surface area contributed by atoms with Gasteiger partial charge < -0.3 is 0 Å². The average molecular weight is 212 g/mol. The largest absolute Gasteiger partial charge is 0.294 e. The molecule has 0 atom stereocenters. The van der Waals surface area contributed by atoms with Crippen LogP contribution < -0.4 is 0 Å². The highest BCUT2D eigenvalue weighted by atomic mass is 35.5. The van der Waals surface area contributed by atoms with E-state index in [1.807, 2.05) is 11.4 Å². The maximum atomic E-state index is 11.1. The zero-order valence-corrected chi connectivity index (χ0v) is 8.45.